The van der Waals surface area contributed by atoms with E-state index in [1.165, 1.54) is 0 Å². The van der Waals surface area contributed by atoms with Crippen molar-refractivity contribution < 1.29 is 9.31 Å². The lowest BCUT2D eigenvalue weighted by Gasteiger charge is -2.32. The number of pyridine rings is 1. The Hall–Kier alpha value is -1.07. The van der Waals surface area contributed by atoms with Crippen LogP contribution in [0.5, 0.6) is 0 Å². The lowest BCUT2D eigenvalue weighted by atomic mass is 9.90. The minimum absolute atomic E-state index is 0.132. The Balaban J connectivity index is 0.000000165. The van der Waals surface area contributed by atoms with Gasteiger partial charge < -0.3 is 15.0 Å². The van der Waals surface area contributed by atoms with Gasteiger partial charge in [0.2, 0.25) is 0 Å². The fraction of sp³-hybridized carbons (Fsp3) is 0.545. The van der Waals surface area contributed by atoms with Crippen LogP contribution in [0.15, 0.2) is 24.4 Å². The highest BCUT2D eigenvalue weighted by Crippen LogP contribution is 2.33. The average molecular weight is 222 g/mol. The summed E-state index contributed by atoms with van der Waals surface area (Å²) in [6.07, 6.45) is 1.66. The number of hydrogen-bond acceptors (Lipinski definition) is 4. The topological polar surface area (TPSA) is 57.4 Å². The maximum absolute atomic E-state index is 5.33. The monoisotopic (exact) mass is 222 g/mol. The molecule has 0 unspecified atom stereocenters. The SMILES string of the molecule is CC1(C)OBOC1(C)C.Nc1ccccn1. The van der Waals surface area contributed by atoms with Crippen LogP contribution in [-0.2, 0) is 9.31 Å². The summed E-state index contributed by atoms with van der Waals surface area (Å²) in [5.74, 6) is 0.572. The third-order valence-corrected chi connectivity index (χ3v) is 2.98. The van der Waals surface area contributed by atoms with E-state index in [0.717, 1.165) is 0 Å². The maximum atomic E-state index is 5.33. The van der Waals surface area contributed by atoms with Crippen LogP contribution >= 0.6 is 0 Å². The molecule has 0 bridgehead atoms. The standard InChI is InChI=1S/C6H13BO2.C5H6N2/c1-5(2)6(3,4)9-7-8-5;6-5-3-1-2-4-7-5/h7H,1-4H3;1-4H,(H2,6,7). The van der Waals surface area contributed by atoms with Gasteiger partial charge in [0.25, 0.3) is 0 Å². The van der Waals surface area contributed by atoms with Crippen molar-refractivity contribution in [2.24, 2.45) is 0 Å². The van der Waals surface area contributed by atoms with E-state index in [4.69, 9.17) is 15.0 Å². The predicted octanol–water partition coefficient (Wildman–Crippen LogP) is 1.52. The number of rotatable bonds is 0. The van der Waals surface area contributed by atoms with Gasteiger partial charge in [0.1, 0.15) is 5.82 Å². The smallest absolute Gasteiger partial charge is 0.406 e. The van der Waals surface area contributed by atoms with Crippen molar-refractivity contribution in [3.05, 3.63) is 24.4 Å². The van der Waals surface area contributed by atoms with Crippen LogP contribution in [-0.4, -0.2) is 23.9 Å². The van der Waals surface area contributed by atoms with Gasteiger partial charge in [0, 0.05) is 6.20 Å². The molecule has 1 aliphatic rings. The molecule has 0 spiro atoms. The second kappa shape index (κ2) is 4.85. The van der Waals surface area contributed by atoms with Crippen LogP contribution in [0.25, 0.3) is 0 Å². The highest BCUT2D eigenvalue weighted by molar-refractivity contribution is 6.19. The summed E-state index contributed by atoms with van der Waals surface area (Å²) in [5.41, 5.74) is 4.98. The molecule has 1 saturated heterocycles. The maximum Gasteiger partial charge on any atom is 0.439 e. The zero-order chi connectivity index (χ0) is 12.2. The molecular formula is C11H19BN2O2. The van der Waals surface area contributed by atoms with Crippen molar-refractivity contribution in [1.82, 2.24) is 4.98 Å². The lowest BCUT2D eigenvalue weighted by molar-refractivity contribution is 0.00578. The normalized spacial score (nSPS) is 20.5. The molecule has 0 aromatic carbocycles. The molecule has 2 heterocycles. The van der Waals surface area contributed by atoms with Gasteiger partial charge in [-0.3, -0.25) is 0 Å². The molecule has 1 aromatic heterocycles. The zero-order valence-electron chi connectivity index (χ0n) is 10.4. The number of hydrogen-bond donors (Lipinski definition) is 1. The summed E-state index contributed by atoms with van der Waals surface area (Å²) >= 11 is 0. The van der Waals surface area contributed by atoms with Gasteiger partial charge in [-0.15, -0.1) is 0 Å². The summed E-state index contributed by atoms with van der Waals surface area (Å²) in [7, 11) is 0.431. The van der Waals surface area contributed by atoms with Gasteiger partial charge >= 0.3 is 7.69 Å². The lowest BCUT2D eigenvalue weighted by Crippen LogP contribution is -2.41. The highest BCUT2D eigenvalue weighted by Gasteiger charge is 2.44. The number of nitrogen functional groups attached to an aromatic ring is 1. The third kappa shape index (κ3) is 3.22. The molecule has 16 heavy (non-hydrogen) atoms. The van der Waals surface area contributed by atoms with Gasteiger partial charge in [-0.25, -0.2) is 4.98 Å². The van der Waals surface area contributed by atoms with Crippen molar-refractivity contribution in [3.8, 4) is 0 Å². The van der Waals surface area contributed by atoms with Crippen LogP contribution in [0, 0.1) is 0 Å². The third-order valence-electron chi connectivity index (χ3n) is 2.98. The molecule has 1 aromatic rings. The van der Waals surface area contributed by atoms with E-state index < -0.39 is 0 Å². The number of nitrogens with zero attached hydrogens (tertiary/aromatic N) is 1. The van der Waals surface area contributed by atoms with E-state index in [9.17, 15) is 0 Å². The molecule has 2 N–H and O–H groups in total. The van der Waals surface area contributed by atoms with Gasteiger partial charge in [-0.2, -0.15) is 0 Å². The van der Waals surface area contributed by atoms with Crippen molar-refractivity contribution in [3.63, 3.8) is 0 Å². The summed E-state index contributed by atoms with van der Waals surface area (Å²) in [5, 5.41) is 0. The number of aromatic nitrogens is 1. The Kier molecular flexibility index (Phi) is 3.94. The first-order valence-corrected chi connectivity index (χ1v) is 5.29. The fourth-order valence-corrected chi connectivity index (χ4v) is 1.05. The predicted molar refractivity (Wildman–Crippen MR) is 66.1 cm³/mol. The van der Waals surface area contributed by atoms with Crippen LogP contribution in [0.4, 0.5) is 5.82 Å². The highest BCUT2D eigenvalue weighted by atomic mass is 16.7. The molecule has 0 amide bonds. The van der Waals surface area contributed by atoms with E-state index in [1.807, 2.05) is 39.8 Å². The fourth-order valence-electron chi connectivity index (χ4n) is 1.05. The summed E-state index contributed by atoms with van der Waals surface area (Å²) in [6, 6.07) is 5.43. The minimum Gasteiger partial charge on any atom is -0.406 e. The largest absolute Gasteiger partial charge is 0.439 e. The zero-order valence-corrected chi connectivity index (χ0v) is 10.4. The molecule has 5 heteroatoms. The van der Waals surface area contributed by atoms with E-state index in [1.54, 1.807) is 12.3 Å². The summed E-state index contributed by atoms with van der Waals surface area (Å²) < 4.78 is 10.7. The van der Waals surface area contributed by atoms with E-state index in [-0.39, 0.29) is 11.2 Å². The van der Waals surface area contributed by atoms with Crippen molar-refractivity contribution >= 4 is 13.5 Å². The first-order chi connectivity index (χ1) is 7.35. The molecule has 0 saturated carbocycles. The average Bonchev–Trinajstić information content (AvgIpc) is 2.41. The Bertz CT molecular complexity index is 314. The second-order valence-electron chi connectivity index (χ2n) is 4.68. The van der Waals surface area contributed by atoms with Crippen molar-refractivity contribution in [2.45, 2.75) is 38.9 Å². The summed E-state index contributed by atoms with van der Waals surface area (Å²) in [4.78, 5) is 3.76. The Morgan fingerprint density at radius 2 is 1.69 bits per heavy atom. The molecule has 1 aliphatic heterocycles. The Labute approximate surface area is 97.5 Å². The molecule has 0 aliphatic carbocycles. The van der Waals surface area contributed by atoms with Gasteiger partial charge in [-0.05, 0) is 39.8 Å². The quantitative estimate of drug-likeness (QED) is 0.676. The van der Waals surface area contributed by atoms with Crippen LogP contribution < -0.4 is 5.73 Å². The van der Waals surface area contributed by atoms with Crippen molar-refractivity contribution in [2.75, 3.05) is 5.73 Å². The molecular weight excluding hydrogens is 203 g/mol. The molecule has 1 fully saturated rings. The van der Waals surface area contributed by atoms with Crippen LogP contribution in [0.2, 0.25) is 0 Å². The van der Waals surface area contributed by atoms with E-state index in [2.05, 4.69) is 4.98 Å². The molecule has 4 nitrogen and oxygen atoms in total. The molecule has 0 atom stereocenters. The van der Waals surface area contributed by atoms with Gasteiger partial charge in [0.05, 0.1) is 11.2 Å². The summed E-state index contributed by atoms with van der Waals surface area (Å²) in [6.45, 7) is 8.17. The molecule has 2 rings (SSSR count). The van der Waals surface area contributed by atoms with E-state index in [0.29, 0.717) is 13.5 Å². The van der Waals surface area contributed by atoms with Crippen LogP contribution in [0.1, 0.15) is 27.7 Å². The first kappa shape index (κ1) is 13.0. The number of anilines is 1. The first-order valence-electron chi connectivity index (χ1n) is 5.29. The minimum atomic E-state index is -0.132. The van der Waals surface area contributed by atoms with Crippen LogP contribution in [0.3, 0.4) is 0 Å². The number of nitrogens with two attached hydrogens (primary N) is 1. The van der Waals surface area contributed by atoms with Crippen molar-refractivity contribution in [1.29, 1.82) is 0 Å². The Morgan fingerprint density at radius 1 is 1.12 bits per heavy atom. The molecule has 88 valence electrons. The second-order valence-corrected chi connectivity index (χ2v) is 4.68. The van der Waals surface area contributed by atoms with Gasteiger partial charge in [-0.1, -0.05) is 6.07 Å². The van der Waals surface area contributed by atoms with E-state index >= 15 is 0 Å². The Morgan fingerprint density at radius 3 is 1.88 bits per heavy atom. The molecule has 0 radical (unpaired) electrons. The van der Waals surface area contributed by atoms with Gasteiger partial charge in [0.15, 0.2) is 0 Å².